The van der Waals surface area contributed by atoms with Gasteiger partial charge in [0.1, 0.15) is 4.70 Å². The lowest BCUT2D eigenvalue weighted by atomic mass is 9.95. The molecule has 0 bridgehead atoms. The minimum absolute atomic E-state index is 0.169. The van der Waals surface area contributed by atoms with Crippen molar-refractivity contribution in [1.29, 1.82) is 0 Å². The number of halogens is 1. The summed E-state index contributed by atoms with van der Waals surface area (Å²) in [6, 6.07) is 8.43. The van der Waals surface area contributed by atoms with Crippen LogP contribution >= 0.6 is 22.9 Å². The molecule has 0 unspecified atom stereocenters. The second kappa shape index (κ2) is 8.39. The average Bonchev–Trinajstić information content (AvgIpc) is 3.16. The van der Waals surface area contributed by atoms with Crippen molar-refractivity contribution in [2.24, 2.45) is 0 Å². The number of fused-ring (bicyclic) bond motifs is 1. The molecule has 1 saturated carbocycles. The van der Waals surface area contributed by atoms with Crippen LogP contribution in [0.2, 0.25) is 5.02 Å². The third-order valence-corrected chi connectivity index (χ3v) is 6.56. The summed E-state index contributed by atoms with van der Waals surface area (Å²) in [5.74, 6) is -0.571. The largest absolute Gasteiger partial charge is 0.349 e. The van der Waals surface area contributed by atoms with E-state index in [0.29, 0.717) is 31.2 Å². The van der Waals surface area contributed by atoms with Crippen molar-refractivity contribution in [2.45, 2.75) is 38.1 Å². The van der Waals surface area contributed by atoms with E-state index in [1.165, 1.54) is 6.42 Å². The topological polar surface area (TPSA) is 91.1 Å². The number of carbonyl (C=O) groups excluding carboxylic acids is 2. The van der Waals surface area contributed by atoms with E-state index in [4.69, 9.17) is 11.6 Å². The Morgan fingerprint density at radius 1 is 1.07 bits per heavy atom. The highest BCUT2D eigenvalue weighted by Crippen LogP contribution is 2.25. The van der Waals surface area contributed by atoms with Gasteiger partial charge in [-0.1, -0.05) is 30.9 Å². The van der Waals surface area contributed by atoms with Crippen molar-refractivity contribution in [3.8, 4) is 0 Å². The summed E-state index contributed by atoms with van der Waals surface area (Å²) in [6.45, 7) is 0. The summed E-state index contributed by atoms with van der Waals surface area (Å²) in [6.07, 6.45) is 6.95. The minimum Gasteiger partial charge on any atom is -0.349 e. The lowest BCUT2D eigenvalue weighted by molar-refractivity contribution is 0.0927. The van der Waals surface area contributed by atoms with Gasteiger partial charge in [-0.05, 0) is 43.2 Å². The van der Waals surface area contributed by atoms with Crippen LogP contribution in [-0.2, 0) is 0 Å². The molecule has 8 heteroatoms. The number of aromatic amines is 1. The zero-order valence-electron chi connectivity index (χ0n) is 15.6. The molecule has 0 radical (unpaired) electrons. The van der Waals surface area contributed by atoms with E-state index >= 15 is 0 Å². The van der Waals surface area contributed by atoms with Gasteiger partial charge in [0.2, 0.25) is 0 Å². The van der Waals surface area contributed by atoms with Gasteiger partial charge in [-0.3, -0.25) is 14.4 Å². The number of nitrogens with one attached hydrogen (secondary N) is 3. The van der Waals surface area contributed by atoms with Crippen molar-refractivity contribution in [3.05, 3.63) is 62.3 Å². The molecule has 1 aromatic carbocycles. The van der Waals surface area contributed by atoms with Gasteiger partial charge in [0.15, 0.2) is 0 Å². The highest BCUT2D eigenvalue weighted by molar-refractivity contribution is 7.20. The number of pyridine rings is 1. The van der Waals surface area contributed by atoms with E-state index < -0.39 is 0 Å². The zero-order chi connectivity index (χ0) is 20.4. The molecule has 29 heavy (non-hydrogen) atoms. The lowest BCUT2D eigenvalue weighted by Gasteiger charge is -2.23. The van der Waals surface area contributed by atoms with Gasteiger partial charge >= 0.3 is 0 Å². The van der Waals surface area contributed by atoms with Gasteiger partial charge in [-0.15, -0.1) is 11.3 Å². The Balaban J connectivity index is 1.51. The van der Waals surface area contributed by atoms with E-state index in [1.54, 1.807) is 36.5 Å². The van der Waals surface area contributed by atoms with Crippen LogP contribution in [0.5, 0.6) is 0 Å². The fourth-order valence-corrected chi connectivity index (χ4v) is 4.72. The molecular formula is C21H20ClN3O3S. The summed E-state index contributed by atoms with van der Waals surface area (Å²) in [5, 5.41) is 6.88. The summed E-state index contributed by atoms with van der Waals surface area (Å²) in [7, 11) is 0. The first kappa shape index (κ1) is 19.7. The maximum atomic E-state index is 12.7. The van der Waals surface area contributed by atoms with Gasteiger partial charge in [-0.2, -0.15) is 0 Å². The van der Waals surface area contributed by atoms with Crippen LogP contribution in [0.3, 0.4) is 0 Å². The predicted molar refractivity (Wildman–Crippen MR) is 116 cm³/mol. The molecule has 1 fully saturated rings. The number of hydrogen-bond donors (Lipinski definition) is 3. The Labute approximate surface area is 176 Å². The number of amides is 2. The van der Waals surface area contributed by atoms with Gasteiger partial charge in [0, 0.05) is 23.3 Å². The molecule has 150 valence electrons. The molecule has 2 amide bonds. The first-order chi connectivity index (χ1) is 14.0. The first-order valence-electron chi connectivity index (χ1n) is 9.54. The van der Waals surface area contributed by atoms with E-state index in [2.05, 4.69) is 15.6 Å². The lowest BCUT2D eigenvalue weighted by Crippen LogP contribution is -2.36. The number of H-pyrrole nitrogens is 1. The van der Waals surface area contributed by atoms with Crippen LogP contribution in [0.25, 0.3) is 10.1 Å². The Hall–Kier alpha value is -2.64. The second-order valence-electron chi connectivity index (χ2n) is 7.16. The van der Waals surface area contributed by atoms with E-state index in [1.807, 2.05) is 0 Å². The molecule has 0 atom stereocenters. The molecule has 2 aromatic heterocycles. The predicted octanol–water partition coefficient (Wildman–Crippen LogP) is 4.56. The van der Waals surface area contributed by atoms with E-state index in [-0.39, 0.29) is 23.4 Å². The fourth-order valence-electron chi connectivity index (χ4n) is 3.57. The SMILES string of the molecule is O=C(Nc1ccc(Cl)c(C(=O)NC2CCCCC2)c1)c1cc2cc[nH]c(=O)c2s1. The van der Waals surface area contributed by atoms with E-state index in [0.717, 1.165) is 37.0 Å². The van der Waals surface area contributed by atoms with Crippen LogP contribution in [0.4, 0.5) is 5.69 Å². The third kappa shape index (κ3) is 4.36. The molecule has 0 spiro atoms. The van der Waals surface area contributed by atoms with Crippen molar-refractivity contribution < 1.29 is 9.59 Å². The molecule has 3 N–H and O–H groups in total. The first-order valence-corrected chi connectivity index (χ1v) is 10.7. The minimum atomic E-state index is -0.341. The van der Waals surface area contributed by atoms with Crippen LogP contribution in [0, 0.1) is 0 Å². The van der Waals surface area contributed by atoms with Crippen LogP contribution < -0.4 is 16.2 Å². The Kier molecular flexibility index (Phi) is 5.69. The quantitative estimate of drug-likeness (QED) is 0.567. The van der Waals surface area contributed by atoms with Crippen molar-refractivity contribution in [3.63, 3.8) is 0 Å². The molecule has 6 nitrogen and oxygen atoms in total. The van der Waals surface area contributed by atoms with Crippen molar-refractivity contribution in [2.75, 3.05) is 5.32 Å². The number of benzene rings is 1. The number of hydrogen-bond acceptors (Lipinski definition) is 4. The number of rotatable bonds is 4. The maximum absolute atomic E-state index is 12.7. The monoisotopic (exact) mass is 429 g/mol. The fraction of sp³-hybridized carbons (Fsp3) is 0.286. The smallest absolute Gasteiger partial charge is 0.265 e. The number of aromatic nitrogens is 1. The summed E-state index contributed by atoms with van der Waals surface area (Å²) in [5.41, 5.74) is 0.585. The molecule has 3 aromatic rings. The number of anilines is 1. The van der Waals surface area contributed by atoms with E-state index in [9.17, 15) is 14.4 Å². The van der Waals surface area contributed by atoms with Crippen LogP contribution in [0.1, 0.15) is 52.1 Å². The molecular weight excluding hydrogens is 410 g/mol. The summed E-state index contributed by atoms with van der Waals surface area (Å²) in [4.78, 5) is 40.2. The summed E-state index contributed by atoms with van der Waals surface area (Å²) >= 11 is 7.35. The summed E-state index contributed by atoms with van der Waals surface area (Å²) < 4.78 is 0.501. The molecule has 4 rings (SSSR count). The van der Waals surface area contributed by atoms with Gasteiger partial charge in [-0.25, -0.2) is 0 Å². The maximum Gasteiger partial charge on any atom is 0.265 e. The zero-order valence-corrected chi connectivity index (χ0v) is 17.2. The molecule has 0 saturated heterocycles. The Morgan fingerprint density at radius 3 is 2.62 bits per heavy atom. The normalized spacial score (nSPS) is 14.7. The highest BCUT2D eigenvalue weighted by Gasteiger charge is 2.19. The average molecular weight is 430 g/mol. The highest BCUT2D eigenvalue weighted by atomic mass is 35.5. The molecule has 0 aliphatic heterocycles. The Morgan fingerprint density at radius 2 is 1.86 bits per heavy atom. The van der Waals surface area contributed by atoms with Gasteiger partial charge in [0.25, 0.3) is 17.4 Å². The second-order valence-corrected chi connectivity index (χ2v) is 8.62. The Bertz CT molecular complexity index is 1130. The number of thiophene rings is 1. The van der Waals surface area contributed by atoms with Gasteiger partial charge < -0.3 is 15.6 Å². The number of carbonyl (C=O) groups is 2. The molecule has 2 heterocycles. The third-order valence-electron chi connectivity index (χ3n) is 5.08. The van der Waals surface area contributed by atoms with Crippen molar-refractivity contribution >= 4 is 50.5 Å². The van der Waals surface area contributed by atoms with Crippen LogP contribution in [-0.4, -0.2) is 22.8 Å². The van der Waals surface area contributed by atoms with Crippen molar-refractivity contribution in [1.82, 2.24) is 10.3 Å². The van der Waals surface area contributed by atoms with Crippen LogP contribution in [0.15, 0.2) is 41.3 Å². The standard InChI is InChI=1S/C21H20ClN3O3S/c22-16-7-6-14(11-15(16)19(26)24-13-4-2-1-3-5-13)25-20(27)17-10-12-8-9-23-21(28)18(12)29-17/h6-11,13H,1-5H2,(H,23,28)(H,24,26)(H,25,27). The molecule has 1 aliphatic carbocycles. The molecule has 1 aliphatic rings. The van der Waals surface area contributed by atoms with Gasteiger partial charge in [0.05, 0.1) is 15.5 Å².